The fourth-order valence-corrected chi connectivity index (χ4v) is 3.48. The number of hydrogen-bond donors (Lipinski definition) is 2. The summed E-state index contributed by atoms with van der Waals surface area (Å²) in [7, 11) is -1.96. The minimum atomic E-state index is -1.96. The molecule has 148 valence electrons. The third-order valence-electron chi connectivity index (χ3n) is 3.62. The number of nitrogens with one attached hydrogen (secondary N) is 1. The van der Waals surface area contributed by atoms with Crippen molar-refractivity contribution in [1.82, 2.24) is 24.6 Å². The van der Waals surface area contributed by atoms with E-state index in [4.69, 9.17) is 15.2 Å². The van der Waals surface area contributed by atoms with Crippen molar-refractivity contribution in [3.8, 4) is 0 Å². The first kappa shape index (κ1) is 21.1. The zero-order chi connectivity index (χ0) is 20.2. The van der Waals surface area contributed by atoms with E-state index in [1.165, 1.54) is 6.33 Å². The predicted molar refractivity (Wildman–Crippen MR) is 101 cm³/mol. The maximum absolute atomic E-state index is 12.3. The number of fused-ring (bicyclic) bond motifs is 1. The number of esters is 1. The zero-order valence-electron chi connectivity index (χ0n) is 16.2. The molecule has 0 amide bonds. The molecule has 0 radical (unpaired) electrons. The first-order chi connectivity index (χ1) is 12.6. The number of rotatable bonds is 9. The monoisotopic (exact) mass is 397 g/mol. The van der Waals surface area contributed by atoms with E-state index in [9.17, 15) is 9.36 Å². The van der Waals surface area contributed by atoms with E-state index in [0.29, 0.717) is 23.5 Å². The van der Waals surface area contributed by atoms with Crippen molar-refractivity contribution in [2.75, 3.05) is 12.1 Å². The Morgan fingerprint density at radius 1 is 1.33 bits per heavy atom. The van der Waals surface area contributed by atoms with Crippen LogP contribution in [0.2, 0.25) is 0 Å². The zero-order valence-corrected chi connectivity index (χ0v) is 17.1. The second kappa shape index (κ2) is 8.69. The Bertz CT molecular complexity index is 822. The Kier molecular flexibility index (Phi) is 6.80. The van der Waals surface area contributed by atoms with Crippen molar-refractivity contribution >= 4 is 30.9 Å². The lowest BCUT2D eigenvalue weighted by molar-refractivity contribution is -0.153. The molecule has 2 atom stereocenters. The van der Waals surface area contributed by atoms with E-state index >= 15 is 0 Å². The van der Waals surface area contributed by atoms with Crippen LogP contribution in [0.15, 0.2) is 12.7 Å². The molecule has 11 heteroatoms. The van der Waals surface area contributed by atoms with Gasteiger partial charge in [0.2, 0.25) is 0 Å². The van der Waals surface area contributed by atoms with Crippen molar-refractivity contribution in [3.63, 3.8) is 0 Å². The van der Waals surface area contributed by atoms with Crippen LogP contribution in [-0.2, 0) is 25.4 Å². The maximum atomic E-state index is 12.3. The summed E-state index contributed by atoms with van der Waals surface area (Å²) in [4.78, 5) is 24.3. The average Bonchev–Trinajstić information content (AvgIpc) is 2.96. The van der Waals surface area contributed by atoms with Crippen LogP contribution >= 0.6 is 7.95 Å². The van der Waals surface area contributed by atoms with Gasteiger partial charge in [-0.3, -0.25) is 0 Å². The van der Waals surface area contributed by atoms with Gasteiger partial charge in [0, 0.05) is 0 Å². The molecule has 0 fully saturated rings. The van der Waals surface area contributed by atoms with Crippen molar-refractivity contribution in [2.24, 2.45) is 0 Å². The molecule has 0 aliphatic heterocycles. The minimum Gasteiger partial charge on any atom is -0.462 e. The number of hydrogen-bond acceptors (Lipinski definition) is 8. The van der Waals surface area contributed by atoms with Gasteiger partial charge in [0.05, 0.1) is 25.1 Å². The molecule has 1 unspecified atom stereocenters. The average molecular weight is 397 g/mol. The van der Waals surface area contributed by atoms with Crippen LogP contribution in [0.1, 0.15) is 34.6 Å². The van der Waals surface area contributed by atoms with Crippen molar-refractivity contribution in [2.45, 2.75) is 58.9 Å². The van der Waals surface area contributed by atoms with Gasteiger partial charge in [0.25, 0.3) is 6.35 Å². The van der Waals surface area contributed by atoms with Gasteiger partial charge in [-0.2, -0.15) is 0 Å². The van der Waals surface area contributed by atoms with E-state index in [1.54, 1.807) is 38.6 Å². The van der Waals surface area contributed by atoms with Crippen LogP contribution in [0, 0.1) is 0 Å². The van der Waals surface area contributed by atoms with Gasteiger partial charge in [0.1, 0.15) is 11.8 Å². The first-order valence-corrected chi connectivity index (χ1v) is 10.0. The summed E-state index contributed by atoms with van der Waals surface area (Å²) in [5, 5.41) is 2.77. The molecule has 3 N–H and O–H groups in total. The Labute approximate surface area is 158 Å². The molecule has 0 aliphatic carbocycles. The molecule has 0 aliphatic rings. The van der Waals surface area contributed by atoms with Crippen LogP contribution in [0.25, 0.3) is 11.2 Å². The van der Waals surface area contributed by atoms with Crippen LogP contribution in [0.5, 0.6) is 0 Å². The highest BCUT2D eigenvalue weighted by atomic mass is 31.1. The van der Waals surface area contributed by atoms with Crippen LogP contribution in [-0.4, -0.2) is 49.6 Å². The number of nitrogen functional groups attached to an aromatic ring is 1. The summed E-state index contributed by atoms with van der Waals surface area (Å²) in [6.07, 6.45) is 2.44. The Hall–Kier alpha value is -2.16. The minimum absolute atomic E-state index is 0.0430. The molecule has 2 aromatic heterocycles. The SMILES string of the molecule is CC(C)OC(=O)C(C)(C)N[P+](=O)CO[C@H](C)Cn1cnc2c(N)ncnc21. The molecule has 2 heterocycles. The lowest BCUT2D eigenvalue weighted by atomic mass is 10.1. The second-order valence-electron chi connectivity index (χ2n) is 7.00. The molecule has 10 nitrogen and oxygen atoms in total. The molecule has 27 heavy (non-hydrogen) atoms. The molecule has 0 aromatic carbocycles. The molecule has 0 saturated carbocycles. The topological polar surface area (TPSA) is 134 Å². The third kappa shape index (κ3) is 5.66. The fourth-order valence-electron chi connectivity index (χ4n) is 2.31. The smallest absolute Gasteiger partial charge is 0.461 e. The van der Waals surface area contributed by atoms with Gasteiger partial charge >= 0.3 is 13.9 Å². The van der Waals surface area contributed by atoms with Gasteiger partial charge < -0.3 is 19.8 Å². The largest absolute Gasteiger partial charge is 0.462 e. The van der Waals surface area contributed by atoms with E-state index in [2.05, 4.69) is 20.0 Å². The number of carbonyl (C=O) groups is 1. The normalized spacial score (nSPS) is 13.8. The summed E-state index contributed by atoms with van der Waals surface area (Å²) in [5.41, 5.74) is 5.84. The quantitative estimate of drug-likeness (QED) is 0.480. The standard InChI is InChI=1S/C16H26N6O4P/c1-10(2)26-15(23)16(4,5)21-27(24)9-25-11(3)6-22-8-20-12-13(17)18-7-19-14(12)22/h7-8,10-11H,6,9H2,1-5H3,(H,21,24)(H2,17,18,19)/q+1/t11-/m1/s1. The fraction of sp³-hybridized carbons (Fsp3) is 0.625. The van der Waals surface area contributed by atoms with Crippen LogP contribution in [0.4, 0.5) is 5.82 Å². The highest BCUT2D eigenvalue weighted by Crippen LogP contribution is 2.23. The van der Waals surface area contributed by atoms with Gasteiger partial charge in [-0.1, -0.05) is 5.09 Å². The predicted octanol–water partition coefficient (Wildman–Crippen LogP) is 1.83. The summed E-state index contributed by atoms with van der Waals surface area (Å²) in [6.45, 7) is 9.06. The molecular formula is C16H26N6O4P+. The number of ether oxygens (including phenoxy) is 2. The number of aromatic nitrogens is 4. The van der Waals surface area contributed by atoms with Gasteiger partial charge in [-0.25, -0.2) is 19.7 Å². The lowest BCUT2D eigenvalue weighted by Crippen LogP contribution is -2.45. The van der Waals surface area contributed by atoms with E-state index in [-0.39, 0.29) is 18.6 Å². The van der Waals surface area contributed by atoms with Crippen molar-refractivity contribution in [1.29, 1.82) is 0 Å². The van der Waals surface area contributed by atoms with Gasteiger partial charge in [-0.05, 0) is 39.2 Å². The number of anilines is 1. The Balaban J connectivity index is 1.87. The summed E-state index contributed by atoms with van der Waals surface area (Å²) < 4.78 is 24.9. The number of nitrogens with two attached hydrogens (primary N) is 1. The third-order valence-corrected chi connectivity index (χ3v) is 4.81. The molecular weight excluding hydrogens is 371 g/mol. The van der Waals surface area contributed by atoms with E-state index in [0.717, 1.165) is 0 Å². The van der Waals surface area contributed by atoms with Crippen LogP contribution < -0.4 is 10.8 Å². The molecule has 0 bridgehead atoms. The highest BCUT2D eigenvalue weighted by molar-refractivity contribution is 7.42. The molecule has 0 saturated heterocycles. The number of nitrogens with zero attached hydrogens (tertiary/aromatic N) is 4. The van der Waals surface area contributed by atoms with E-state index < -0.39 is 19.5 Å². The number of imidazole rings is 1. The lowest BCUT2D eigenvalue weighted by Gasteiger charge is -2.20. The Morgan fingerprint density at radius 2 is 2.04 bits per heavy atom. The summed E-state index contributed by atoms with van der Waals surface area (Å²) >= 11 is 0. The van der Waals surface area contributed by atoms with Gasteiger partial charge in [0.15, 0.2) is 17.0 Å². The number of carbonyl (C=O) groups excluding carboxylic acids is 1. The van der Waals surface area contributed by atoms with Crippen molar-refractivity contribution < 1.29 is 18.8 Å². The molecule has 2 rings (SSSR count). The molecule has 2 aromatic rings. The van der Waals surface area contributed by atoms with E-state index in [1.807, 2.05) is 6.92 Å². The highest BCUT2D eigenvalue weighted by Gasteiger charge is 2.38. The first-order valence-electron chi connectivity index (χ1n) is 8.56. The second-order valence-corrected chi connectivity index (χ2v) is 8.24. The van der Waals surface area contributed by atoms with Gasteiger partial charge in [-0.15, -0.1) is 0 Å². The molecule has 0 spiro atoms. The Morgan fingerprint density at radius 3 is 2.70 bits per heavy atom. The summed E-state index contributed by atoms with van der Waals surface area (Å²) in [6, 6.07) is 0. The van der Waals surface area contributed by atoms with Crippen LogP contribution in [0.3, 0.4) is 0 Å². The summed E-state index contributed by atoms with van der Waals surface area (Å²) in [5.74, 6) is -0.147. The van der Waals surface area contributed by atoms with Crippen molar-refractivity contribution in [3.05, 3.63) is 12.7 Å². The maximum Gasteiger partial charge on any atom is 0.461 e.